The lowest BCUT2D eigenvalue weighted by Crippen LogP contribution is -2.23. The zero-order valence-corrected chi connectivity index (χ0v) is 20.9. The number of methoxy groups -OCH3 is 1. The van der Waals surface area contributed by atoms with Crippen molar-refractivity contribution in [1.82, 2.24) is 30.0 Å². The molecule has 186 valence electrons. The molecule has 0 saturated carbocycles. The molecule has 5 aromatic rings. The quantitative estimate of drug-likeness (QED) is 0.273. The number of ether oxygens (including phenoxy) is 1. The van der Waals surface area contributed by atoms with Crippen LogP contribution in [0.1, 0.15) is 33.3 Å². The van der Waals surface area contributed by atoms with E-state index in [1.54, 1.807) is 19.5 Å². The lowest BCUT2D eigenvalue weighted by atomic mass is 10.1. The number of hydrogen-bond donors (Lipinski definition) is 1. The molecule has 0 saturated heterocycles. The van der Waals surface area contributed by atoms with Gasteiger partial charge < -0.3 is 14.5 Å². The number of nitrogens with one attached hydrogen (secondary N) is 1. The first kappa shape index (κ1) is 24.3. The van der Waals surface area contributed by atoms with Crippen LogP contribution in [0.15, 0.2) is 95.0 Å². The number of rotatable bonds is 10. The summed E-state index contributed by atoms with van der Waals surface area (Å²) in [5.74, 6) is 2.07. The van der Waals surface area contributed by atoms with Gasteiger partial charge in [0.05, 0.1) is 12.9 Å². The maximum Gasteiger partial charge on any atom is 0.273 e. The first-order valence-electron chi connectivity index (χ1n) is 11.6. The third-order valence-corrected chi connectivity index (χ3v) is 6.43. The highest BCUT2D eigenvalue weighted by Crippen LogP contribution is 2.27. The first-order valence-corrected chi connectivity index (χ1v) is 12.5. The van der Waals surface area contributed by atoms with Crippen molar-refractivity contribution >= 4 is 17.7 Å². The number of amides is 1. The van der Waals surface area contributed by atoms with Gasteiger partial charge in [-0.15, -0.1) is 10.2 Å². The number of benzene rings is 2. The van der Waals surface area contributed by atoms with Crippen molar-refractivity contribution in [2.45, 2.75) is 23.9 Å². The van der Waals surface area contributed by atoms with Crippen LogP contribution in [0.5, 0.6) is 5.75 Å². The van der Waals surface area contributed by atoms with Gasteiger partial charge in [0.15, 0.2) is 10.9 Å². The fraction of sp³-hybridized carbons (Fsp3) is 0.148. The van der Waals surface area contributed by atoms with Crippen LogP contribution < -0.4 is 10.1 Å². The standard InChI is InChI=1S/C27H24N6O3S/c1-35-22-11-9-21(10-12-22)33-24(14-19-6-3-2-4-7-19)31-32-27(33)37-18-25-30-23(17-36-25)26(34)29-16-20-8-5-13-28-15-20/h2-13,15,17H,14,16,18H2,1H3,(H,29,34). The molecule has 2 aromatic carbocycles. The average molecular weight is 513 g/mol. The molecule has 0 aliphatic heterocycles. The molecular formula is C27H24N6O3S. The van der Waals surface area contributed by atoms with Crippen LogP contribution in [0.4, 0.5) is 0 Å². The van der Waals surface area contributed by atoms with Crippen molar-refractivity contribution in [2.75, 3.05) is 7.11 Å². The van der Waals surface area contributed by atoms with E-state index in [2.05, 4.69) is 37.6 Å². The minimum absolute atomic E-state index is 0.223. The lowest BCUT2D eigenvalue weighted by molar-refractivity contribution is 0.0946. The van der Waals surface area contributed by atoms with Gasteiger partial charge in [-0.1, -0.05) is 48.2 Å². The van der Waals surface area contributed by atoms with E-state index in [0.717, 1.165) is 28.4 Å². The second kappa shape index (κ2) is 11.5. The van der Waals surface area contributed by atoms with Gasteiger partial charge in [0.2, 0.25) is 5.89 Å². The molecule has 0 aliphatic carbocycles. The van der Waals surface area contributed by atoms with Crippen LogP contribution in [-0.4, -0.2) is 37.7 Å². The molecule has 10 heteroatoms. The van der Waals surface area contributed by atoms with E-state index in [0.29, 0.717) is 29.8 Å². The molecule has 9 nitrogen and oxygen atoms in total. The molecule has 5 rings (SSSR count). The molecule has 3 aromatic heterocycles. The summed E-state index contributed by atoms with van der Waals surface area (Å²) < 4.78 is 12.9. The first-order chi connectivity index (χ1) is 18.2. The SMILES string of the molecule is COc1ccc(-n2c(Cc3ccccc3)nnc2SCc2nc(C(=O)NCc3cccnc3)co2)cc1. The number of oxazole rings is 1. The predicted octanol–water partition coefficient (Wildman–Crippen LogP) is 4.47. The number of carbonyl (C=O) groups excluding carboxylic acids is 1. The Morgan fingerprint density at radius 2 is 1.84 bits per heavy atom. The van der Waals surface area contributed by atoms with Crippen molar-refractivity contribution in [3.8, 4) is 11.4 Å². The topological polar surface area (TPSA) is 108 Å². The summed E-state index contributed by atoms with van der Waals surface area (Å²) in [6, 6.07) is 21.6. The fourth-order valence-electron chi connectivity index (χ4n) is 3.66. The van der Waals surface area contributed by atoms with Gasteiger partial charge >= 0.3 is 0 Å². The second-order valence-corrected chi connectivity index (χ2v) is 9.00. The van der Waals surface area contributed by atoms with E-state index >= 15 is 0 Å². The van der Waals surface area contributed by atoms with Gasteiger partial charge in [-0.2, -0.15) is 0 Å². The number of hydrogen-bond acceptors (Lipinski definition) is 8. The van der Waals surface area contributed by atoms with Crippen LogP contribution in [0.3, 0.4) is 0 Å². The predicted molar refractivity (Wildman–Crippen MR) is 139 cm³/mol. The van der Waals surface area contributed by atoms with Crippen molar-refractivity contribution in [3.05, 3.63) is 114 Å². The molecule has 0 radical (unpaired) electrons. The maximum absolute atomic E-state index is 12.5. The minimum atomic E-state index is -0.310. The Labute approximate surface area is 217 Å². The molecule has 0 fully saturated rings. The molecule has 0 unspecified atom stereocenters. The summed E-state index contributed by atoms with van der Waals surface area (Å²) in [6.45, 7) is 0.360. The number of nitrogens with zero attached hydrogens (tertiary/aromatic N) is 5. The summed E-state index contributed by atoms with van der Waals surface area (Å²) in [4.78, 5) is 20.9. The van der Waals surface area contributed by atoms with Gasteiger partial charge in [-0.3, -0.25) is 14.3 Å². The van der Waals surface area contributed by atoms with E-state index in [9.17, 15) is 4.79 Å². The smallest absolute Gasteiger partial charge is 0.273 e. The highest BCUT2D eigenvalue weighted by atomic mass is 32.2. The van der Waals surface area contributed by atoms with Crippen molar-refractivity contribution in [2.24, 2.45) is 0 Å². The van der Waals surface area contributed by atoms with Gasteiger partial charge in [0, 0.05) is 31.0 Å². The zero-order chi connectivity index (χ0) is 25.5. The molecule has 0 aliphatic rings. The van der Waals surface area contributed by atoms with E-state index in [4.69, 9.17) is 9.15 Å². The molecule has 3 heterocycles. The number of carbonyl (C=O) groups is 1. The van der Waals surface area contributed by atoms with Crippen molar-refractivity contribution < 1.29 is 13.9 Å². The van der Waals surface area contributed by atoms with Crippen LogP contribution in [0.2, 0.25) is 0 Å². The lowest BCUT2D eigenvalue weighted by Gasteiger charge is -2.11. The Kier molecular flexibility index (Phi) is 7.56. The van der Waals surface area contributed by atoms with Crippen molar-refractivity contribution in [3.63, 3.8) is 0 Å². The molecule has 0 spiro atoms. The zero-order valence-electron chi connectivity index (χ0n) is 20.1. The third kappa shape index (κ3) is 6.04. The Morgan fingerprint density at radius 1 is 1.03 bits per heavy atom. The van der Waals surface area contributed by atoms with Gasteiger partial charge in [0.1, 0.15) is 17.8 Å². The Balaban J connectivity index is 1.30. The molecule has 1 amide bonds. The summed E-state index contributed by atoms with van der Waals surface area (Å²) in [5, 5.41) is 12.4. The van der Waals surface area contributed by atoms with E-state index < -0.39 is 0 Å². The number of aromatic nitrogens is 5. The third-order valence-electron chi connectivity index (χ3n) is 5.52. The molecule has 0 atom stereocenters. The van der Waals surface area contributed by atoms with Crippen LogP contribution in [0.25, 0.3) is 5.69 Å². The van der Waals surface area contributed by atoms with Gasteiger partial charge in [0.25, 0.3) is 5.91 Å². The maximum atomic E-state index is 12.5. The highest BCUT2D eigenvalue weighted by Gasteiger charge is 2.18. The summed E-state index contributed by atoms with van der Waals surface area (Å²) in [6.07, 6.45) is 5.38. The number of pyridine rings is 1. The monoisotopic (exact) mass is 512 g/mol. The summed E-state index contributed by atoms with van der Waals surface area (Å²) in [7, 11) is 1.64. The van der Waals surface area contributed by atoms with Crippen LogP contribution in [0, 0.1) is 0 Å². The Bertz CT molecular complexity index is 1450. The summed E-state index contributed by atoms with van der Waals surface area (Å²) >= 11 is 1.43. The van der Waals surface area contributed by atoms with Gasteiger partial charge in [-0.25, -0.2) is 4.98 Å². The molecule has 37 heavy (non-hydrogen) atoms. The van der Waals surface area contributed by atoms with Crippen LogP contribution in [-0.2, 0) is 18.7 Å². The van der Waals surface area contributed by atoms with Crippen molar-refractivity contribution in [1.29, 1.82) is 0 Å². The molecular weight excluding hydrogens is 488 g/mol. The van der Waals surface area contributed by atoms with E-state index in [1.807, 2.05) is 59.2 Å². The average Bonchev–Trinajstić information content (AvgIpc) is 3.59. The Hall–Kier alpha value is -4.44. The summed E-state index contributed by atoms with van der Waals surface area (Å²) in [5.41, 5.74) is 3.18. The number of thioether (sulfide) groups is 1. The molecule has 0 bridgehead atoms. The normalized spacial score (nSPS) is 10.8. The van der Waals surface area contributed by atoms with Gasteiger partial charge in [-0.05, 0) is 41.5 Å². The minimum Gasteiger partial charge on any atom is -0.497 e. The largest absolute Gasteiger partial charge is 0.497 e. The van der Waals surface area contributed by atoms with E-state index in [1.165, 1.54) is 18.0 Å². The fourth-order valence-corrected chi connectivity index (χ4v) is 4.48. The highest BCUT2D eigenvalue weighted by molar-refractivity contribution is 7.98. The van der Waals surface area contributed by atoms with E-state index in [-0.39, 0.29) is 11.6 Å². The molecule has 1 N–H and O–H groups in total. The Morgan fingerprint density at radius 3 is 2.59 bits per heavy atom. The van der Waals surface area contributed by atoms with Crippen LogP contribution >= 0.6 is 11.8 Å². The second-order valence-electron chi connectivity index (χ2n) is 8.05.